The second-order valence-electron chi connectivity index (χ2n) is 5.00. The fourth-order valence-electron chi connectivity index (χ4n) is 2.21. The zero-order valence-electron chi connectivity index (χ0n) is 12.0. The summed E-state index contributed by atoms with van der Waals surface area (Å²) in [6.45, 7) is 0. The first-order valence-electron chi connectivity index (χ1n) is 6.97. The van der Waals surface area contributed by atoms with Crippen molar-refractivity contribution in [2.75, 3.05) is 5.32 Å². The number of nitrogens with zero attached hydrogens (tertiary/aromatic N) is 2. The van der Waals surface area contributed by atoms with Crippen molar-refractivity contribution >= 4 is 23.0 Å². The Morgan fingerprint density at radius 1 is 1.17 bits per heavy atom. The molecule has 1 aliphatic rings. The van der Waals surface area contributed by atoms with Gasteiger partial charge in [0.2, 0.25) is 6.10 Å². The molecule has 2 aromatic rings. The topological polar surface area (TPSA) is 93.8 Å². The summed E-state index contributed by atoms with van der Waals surface area (Å²) in [5, 5.41) is 17.2. The Balaban J connectivity index is 1.61. The zero-order chi connectivity index (χ0) is 16.2. The fraction of sp³-hybridized carbons (Fsp3) is 0.125. The monoisotopic (exact) mass is 311 g/mol. The van der Waals surface area contributed by atoms with Gasteiger partial charge in [0.1, 0.15) is 0 Å². The summed E-state index contributed by atoms with van der Waals surface area (Å²) in [4.78, 5) is 27.5. The summed E-state index contributed by atoms with van der Waals surface area (Å²) >= 11 is 0. The molecule has 3 rings (SSSR count). The highest BCUT2D eigenvalue weighted by molar-refractivity contribution is 6.06. The number of oxime groups is 1. The average Bonchev–Trinajstić information content (AvgIpc) is 3.06. The highest BCUT2D eigenvalue weighted by Crippen LogP contribution is 2.20. The molecule has 0 spiro atoms. The van der Waals surface area contributed by atoms with Crippen LogP contribution < -0.4 is 5.32 Å². The minimum Gasteiger partial charge on any atom is -0.382 e. The lowest BCUT2D eigenvalue weighted by atomic mass is 10.0. The molecule has 7 heteroatoms. The maximum Gasteiger partial charge on any atom is 0.269 e. The molecule has 0 unspecified atom stereocenters. The van der Waals surface area contributed by atoms with Gasteiger partial charge < -0.3 is 10.2 Å². The van der Waals surface area contributed by atoms with E-state index in [1.54, 1.807) is 0 Å². The first-order valence-corrected chi connectivity index (χ1v) is 6.97. The number of carbonyl (C=O) groups excluding carboxylic acids is 1. The molecule has 1 N–H and O–H groups in total. The molecule has 0 fully saturated rings. The van der Waals surface area contributed by atoms with E-state index in [2.05, 4.69) is 10.5 Å². The standard InChI is InChI=1S/C16H13N3O4/c20-16(17-12-6-8-13(9-7-12)19(21)22)15-10-14(18-23-15)11-4-2-1-3-5-11/h1-9,15H,10H2,(H,17,20)/t15-/m1/s1. The third kappa shape index (κ3) is 3.34. The van der Waals surface area contributed by atoms with Gasteiger partial charge in [-0.05, 0) is 17.7 Å². The van der Waals surface area contributed by atoms with Crippen LogP contribution in [0.4, 0.5) is 11.4 Å². The summed E-state index contributed by atoms with van der Waals surface area (Å²) in [6.07, 6.45) is -0.330. The number of rotatable bonds is 4. The number of amides is 1. The largest absolute Gasteiger partial charge is 0.382 e. The number of benzene rings is 2. The number of anilines is 1. The Morgan fingerprint density at radius 3 is 2.52 bits per heavy atom. The molecule has 0 saturated carbocycles. The van der Waals surface area contributed by atoms with E-state index in [4.69, 9.17) is 4.84 Å². The predicted octanol–water partition coefficient (Wildman–Crippen LogP) is 2.73. The molecule has 1 aliphatic heterocycles. The highest BCUT2D eigenvalue weighted by atomic mass is 16.6. The third-order valence-electron chi connectivity index (χ3n) is 3.41. The molecule has 1 heterocycles. The summed E-state index contributed by atoms with van der Waals surface area (Å²) in [5.41, 5.74) is 2.07. The van der Waals surface area contributed by atoms with Crippen LogP contribution in [0.5, 0.6) is 0 Å². The first kappa shape index (κ1) is 14.7. The maximum absolute atomic E-state index is 12.2. The molecule has 7 nitrogen and oxygen atoms in total. The van der Waals surface area contributed by atoms with Crippen LogP contribution in [-0.4, -0.2) is 22.6 Å². The van der Waals surface area contributed by atoms with Crippen molar-refractivity contribution in [1.82, 2.24) is 0 Å². The van der Waals surface area contributed by atoms with Crippen LogP contribution in [0.2, 0.25) is 0 Å². The number of nitro groups is 1. The highest BCUT2D eigenvalue weighted by Gasteiger charge is 2.28. The average molecular weight is 311 g/mol. The summed E-state index contributed by atoms with van der Waals surface area (Å²) in [5.74, 6) is -0.339. The van der Waals surface area contributed by atoms with E-state index in [9.17, 15) is 14.9 Å². The van der Waals surface area contributed by atoms with E-state index in [1.165, 1.54) is 24.3 Å². The van der Waals surface area contributed by atoms with Crippen molar-refractivity contribution in [3.8, 4) is 0 Å². The summed E-state index contributed by atoms with van der Waals surface area (Å²) in [7, 11) is 0. The lowest BCUT2D eigenvalue weighted by Crippen LogP contribution is -2.28. The molecule has 0 bridgehead atoms. The smallest absolute Gasteiger partial charge is 0.269 e. The van der Waals surface area contributed by atoms with Crippen LogP contribution in [0.1, 0.15) is 12.0 Å². The van der Waals surface area contributed by atoms with Crippen LogP contribution in [0.15, 0.2) is 59.8 Å². The quantitative estimate of drug-likeness (QED) is 0.694. The van der Waals surface area contributed by atoms with E-state index >= 15 is 0 Å². The normalized spacial score (nSPS) is 16.3. The fourth-order valence-corrected chi connectivity index (χ4v) is 2.21. The van der Waals surface area contributed by atoms with Crippen molar-refractivity contribution < 1.29 is 14.6 Å². The predicted molar refractivity (Wildman–Crippen MR) is 84.2 cm³/mol. The van der Waals surface area contributed by atoms with Crippen LogP contribution >= 0.6 is 0 Å². The van der Waals surface area contributed by atoms with Crippen LogP contribution in [0, 0.1) is 10.1 Å². The van der Waals surface area contributed by atoms with Crippen molar-refractivity contribution in [2.45, 2.75) is 12.5 Å². The van der Waals surface area contributed by atoms with Gasteiger partial charge in [-0.1, -0.05) is 35.5 Å². The second-order valence-corrected chi connectivity index (χ2v) is 5.00. The van der Waals surface area contributed by atoms with Gasteiger partial charge in [0.25, 0.3) is 11.6 Å². The third-order valence-corrected chi connectivity index (χ3v) is 3.41. The number of hydrogen-bond acceptors (Lipinski definition) is 5. The van der Waals surface area contributed by atoms with E-state index in [-0.39, 0.29) is 11.6 Å². The van der Waals surface area contributed by atoms with Crippen LogP contribution in [-0.2, 0) is 9.63 Å². The van der Waals surface area contributed by atoms with Gasteiger partial charge in [-0.25, -0.2) is 0 Å². The Labute approximate surface area is 131 Å². The molecule has 23 heavy (non-hydrogen) atoms. The summed E-state index contributed by atoms with van der Waals surface area (Å²) < 4.78 is 0. The summed E-state index contributed by atoms with van der Waals surface area (Å²) in [6, 6.07) is 15.1. The van der Waals surface area contributed by atoms with Gasteiger partial charge >= 0.3 is 0 Å². The number of non-ortho nitro benzene ring substituents is 1. The van der Waals surface area contributed by atoms with Crippen LogP contribution in [0.25, 0.3) is 0 Å². The molecule has 0 radical (unpaired) electrons. The zero-order valence-corrected chi connectivity index (χ0v) is 12.0. The Morgan fingerprint density at radius 2 is 1.87 bits per heavy atom. The van der Waals surface area contributed by atoms with E-state index < -0.39 is 11.0 Å². The number of carbonyl (C=O) groups is 1. The first-order chi connectivity index (χ1) is 11.1. The van der Waals surface area contributed by atoms with Crippen molar-refractivity contribution in [2.24, 2.45) is 5.16 Å². The lowest BCUT2D eigenvalue weighted by molar-refractivity contribution is -0.384. The molecule has 1 atom stereocenters. The van der Waals surface area contributed by atoms with Gasteiger partial charge in [0.15, 0.2) is 0 Å². The van der Waals surface area contributed by atoms with E-state index in [0.717, 1.165) is 11.3 Å². The molecule has 1 amide bonds. The minimum absolute atomic E-state index is 0.0326. The Hall–Kier alpha value is -3.22. The maximum atomic E-state index is 12.2. The van der Waals surface area contributed by atoms with E-state index in [0.29, 0.717) is 12.1 Å². The second kappa shape index (κ2) is 6.27. The number of nitro benzene ring substituents is 1. The number of hydrogen-bond donors (Lipinski definition) is 1. The Bertz CT molecular complexity index is 757. The van der Waals surface area contributed by atoms with Crippen molar-refractivity contribution in [3.63, 3.8) is 0 Å². The molecule has 0 saturated heterocycles. The van der Waals surface area contributed by atoms with Gasteiger partial charge in [0, 0.05) is 24.2 Å². The van der Waals surface area contributed by atoms with Crippen molar-refractivity contribution in [3.05, 3.63) is 70.3 Å². The van der Waals surface area contributed by atoms with E-state index in [1.807, 2.05) is 30.3 Å². The molecule has 2 aromatic carbocycles. The minimum atomic E-state index is -0.708. The van der Waals surface area contributed by atoms with Gasteiger partial charge in [0.05, 0.1) is 10.6 Å². The SMILES string of the molecule is O=C(Nc1ccc([N+](=O)[O-])cc1)[C@H]1CC(c2ccccc2)=NO1. The van der Waals surface area contributed by atoms with Gasteiger partial charge in [-0.3, -0.25) is 14.9 Å². The lowest BCUT2D eigenvalue weighted by Gasteiger charge is -2.09. The molecule has 0 aromatic heterocycles. The molecule has 0 aliphatic carbocycles. The number of nitrogens with one attached hydrogen (secondary N) is 1. The molecular formula is C16H13N3O4. The van der Waals surface area contributed by atoms with Gasteiger partial charge in [-0.2, -0.15) is 0 Å². The van der Waals surface area contributed by atoms with Gasteiger partial charge in [-0.15, -0.1) is 0 Å². The molecular weight excluding hydrogens is 298 g/mol. The van der Waals surface area contributed by atoms with Crippen molar-refractivity contribution in [1.29, 1.82) is 0 Å². The molecule has 116 valence electrons. The van der Waals surface area contributed by atoms with Crippen LogP contribution in [0.3, 0.4) is 0 Å². The Kier molecular flexibility index (Phi) is 4.01.